The molecule has 5 aliphatic rings. The summed E-state index contributed by atoms with van der Waals surface area (Å²) in [5.41, 5.74) is 6.02. The van der Waals surface area contributed by atoms with E-state index in [0.717, 1.165) is 20.1 Å². The molecule has 5 unspecified atom stereocenters. The number of methoxy groups -OCH3 is 1. The molecule has 5 N–H and O–H groups in total. The summed E-state index contributed by atoms with van der Waals surface area (Å²) in [6, 6.07) is 39.0. The van der Waals surface area contributed by atoms with E-state index in [0.29, 0.717) is 70.9 Å². The average Bonchev–Trinajstić information content (AvgIpc) is 4.43. The van der Waals surface area contributed by atoms with Gasteiger partial charge in [0, 0.05) is 15.1 Å². The monoisotopic (exact) mass is 1400 g/mol. The molecular formula is C63H51Br2Cl4FO17. The molecule has 0 saturated carbocycles. The third-order valence-electron chi connectivity index (χ3n) is 12.2. The van der Waals surface area contributed by atoms with Gasteiger partial charge in [-0.15, -0.1) is 0 Å². The van der Waals surface area contributed by atoms with E-state index in [4.69, 9.17) is 100 Å². The molecule has 6 aromatic rings. The number of hydrogen-bond donors (Lipinski definition) is 5. The van der Waals surface area contributed by atoms with E-state index < -0.39 is 65.5 Å². The molecule has 454 valence electrons. The molecule has 6 aromatic carbocycles. The van der Waals surface area contributed by atoms with Gasteiger partial charge >= 0.3 is 29.8 Å². The maximum absolute atomic E-state index is 12.9. The molecule has 0 amide bonds. The Balaban J connectivity index is 0.000000168. The van der Waals surface area contributed by atoms with Crippen LogP contribution >= 0.6 is 78.3 Å². The molecule has 11 rings (SSSR count). The number of hydrogen-bond acceptors (Lipinski definition) is 17. The number of benzene rings is 6. The van der Waals surface area contributed by atoms with Gasteiger partial charge in [0.25, 0.3) is 5.24 Å². The Bertz CT molecular complexity index is 3460. The largest absolute Gasteiger partial charge is 0.496 e. The summed E-state index contributed by atoms with van der Waals surface area (Å²) in [5, 5.41) is 45.3. The van der Waals surface area contributed by atoms with E-state index in [1.54, 1.807) is 122 Å². The van der Waals surface area contributed by atoms with Crippen molar-refractivity contribution in [3.63, 3.8) is 0 Å². The van der Waals surface area contributed by atoms with Crippen molar-refractivity contribution >= 4 is 141 Å². The van der Waals surface area contributed by atoms with Crippen LogP contribution in [-0.2, 0) is 47.7 Å². The third kappa shape index (κ3) is 19.9. The Morgan fingerprint density at radius 3 is 1.18 bits per heavy atom. The number of halogens is 7. The molecule has 0 bridgehead atoms. The lowest BCUT2D eigenvalue weighted by molar-refractivity contribution is -0.139. The number of carbonyl (C=O) groups excluding carboxylic acids is 6. The van der Waals surface area contributed by atoms with Crippen molar-refractivity contribution in [3.8, 4) is 5.75 Å². The van der Waals surface area contributed by atoms with E-state index in [1.165, 1.54) is 24.3 Å². The number of rotatable bonds is 12. The highest BCUT2D eigenvalue weighted by molar-refractivity contribution is 9.10. The molecule has 0 aromatic heterocycles. The van der Waals surface area contributed by atoms with Crippen LogP contribution in [0.25, 0.3) is 27.9 Å². The topological polar surface area (TPSA) is 259 Å². The molecule has 5 heterocycles. The number of aliphatic hydroxyl groups excluding tert-OH is 5. The zero-order valence-electron chi connectivity index (χ0n) is 45.4. The highest BCUT2D eigenvalue weighted by Crippen LogP contribution is 2.33. The highest BCUT2D eigenvalue weighted by Gasteiger charge is 2.30. The van der Waals surface area contributed by atoms with E-state index in [9.17, 15) is 33.2 Å². The number of cyclic esters (lactones) is 5. The highest BCUT2D eigenvalue weighted by atomic mass is 79.9. The standard InChI is InChI=1S/C12H11BrO4.C11H9BrO3.C11H8Cl2O3.C11H9ClO3.C11H9FO3.C7H5ClO/c1-16-11-3-2-7(4-10(11)13)9-5-8(6-14)17-12(9)15;12-8-3-1-2-7(4-8)10-5-9(6-13)15-11(10)14;12-9-2-1-6(3-10(9)13)8-4-7(5-14)16-11(8)15;2*12-8-3-1-2-7(4-8)10-5-9(6-13)15-11(10)14;8-7(9)6-4-2-1-3-5-6/h2-5,8,14H,6H2,1H3;1-5,9,13H,6H2;1-4,7,14H,5H2;2*1-5,9,13H,6H2;1-5H. The van der Waals surface area contributed by atoms with E-state index in [2.05, 4.69) is 31.9 Å². The normalized spacial score (nSPS) is 18.6. The maximum Gasteiger partial charge on any atom is 0.339 e. The summed E-state index contributed by atoms with van der Waals surface area (Å²) in [6.45, 7) is -1.06. The zero-order chi connectivity index (χ0) is 63.3. The second-order valence-electron chi connectivity index (χ2n) is 18.2. The number of carbonyl (C=O) groups is 6. The summed E-state index contributed by atoms with van der Waals surface area (Å²) < 4.78 is 44.1. The van der Waals surface area contributed by atoms with Gasteiger partial charge in [-0.2, -0.15) is 0 Å². The van der Waals surface area contributed by atoms with Crippen molar-refractivity contribution in [2.45, 2.75) is 30.5 Å². The quantitative estimate of drug-likeness (QED) is 0.0433. The molecule has 17 nitrogen and oxygen atoms in total. The molecule has 5 aliphatic heterocycles. The van der Waals surface area contributed by atoms with Crippen molar-refractivity contribution in [1.82, 2.24) is 0 Å². The fourth-order valence-electron chi connectivity index (χ4n) is 8.00. The van der Waals surface area contributed by atoms with Crippen molar-refractivity contribution in [3.05, 3.63) is 233 Å². The lowest BCUT2D eigenvalue weighted by atomic mass is 10.1. The first-order chi connectivity index (χ1) is 41.7. The first kappa shape index (κ1) is 68.8. The summed E-state index contributed by atoms with van der Waals surface area (Å²) in [6.07, 6.45) is 5.16. The second kappa shape index (κ2) is 33.7. The first-order valence-electron chi connectivity index (χ1n) is 25.7. The summed E-state index contributed by atoms with van der Waals surface area (Å²) in [5.74, 6) is -1.92. The smallest absolute Gasteiger partial charge is 0.339 e. The van der Waals surface area contributed by atoms with Crippen LogP contribution in [0, 0.1) is 5.82 Å². The Labute approximate surface area is 534 Å². The van der Waals surface area contributed by atoms with Gasteiger partial charge in [0.05, 0.1) is 82.5 Å². The van der Waals surface area contributed by atoms with Crippen molar-refractivity contribution < 1.29 is 87.1 Å². The molecule has 0 fully saturated rings. The first-order valence-corrected chi connectivity index (χ1v) is 28.8. The minimum atomic E-state index is -0.615. The summed E-state index contributed by atoms with van der Waals surface area (Å²) in [7, 11) is 1.57. The number of ether oxygens (including phenoxy) is 6. The predicted molar refractivity (Wildman–Crippen MR) is 330 cm³/mol. The van der Waals surface area contributed by atoms with Gasteiger partial charge in [-0.3, -0.25) is 4.79 Å². The van der Waals surface area contributed by atoms with Crippen molar-refractivity contribution in [2.24, 2.45) is 0 Å². The number of esters is 5. The molecule has 5 atom stereocenters. The maximum atomic E-state index is 12.9. The van der Waals surface area contributed by atoms with Crippen LogP contribution in [0.3, 0.4) is 0 Å². The van der Waals surface area contributed by atoms with Gasteiger partial charge in [-0.1, -0.05) is 130 Å². The third-order valence-corrected chi connectivity index (χ3v) is 14.5. The van der Waals surface area contributed by atoms with Crippen molar-refractivity contribution in [2.75, 3.05) is 40.1 Å². The van der Waals surface area contributed by atoms with Gasteiger partial charge in [-0.25, -0.2) is 28.4 Å². The Morgan fingerprint density at radius 1 is 0.460 bits per heavy atom. The fourth-order valence-corrected chi connectivity index (χ4v) is 9.55. The summed E-state index contributed by atoms with van der Waals surface area (Å²) in [4.78, 5) is 67.6. The van der Waals surface area contributed by atoms with Crippen LogP contribution in [0.5, 0.6) is 5.75 Å². The van der Waals surface area contributed by atoms with Crippen LogP contribution in [0.2, 0.25) is 15.1 Å². The second-order valence-corrected chi connectivity index (χ2v) is 21.5. The van der Waals surface area contributed by atoms with Crippen LogP contribution in [-0.4, -0.2) is 131 Å². The van der Waals surface area contributed by atoms with Gasteiger partial charge in [-0.05, 0) is 146 Å². The average molecular weight is 1400 g/mol. The molecule has 0 radical (unpaired) electrons. The minimum absolute atomic E-state index is 0.177. The fraction of sp³-hybridized carbons (Fsp3) is 0.175. The Kier molecular flexibility index (Phi) is 26.7. The molecule has 0 saturated heterocycles. The van der Waals surface area contributed by atoms with E-state index in [1.807, 2.05) is 30.3 Å². The van der Waals surface area contributed by atoms with Crippen LogP contribution in [0.4, 0.5) is 4.39 Å². The van der Waals surface area contributed by atoms with Crippen LogP contribution < -0.4 is 4.74 Å². The van der Waals surface area contributed by atoms with Gasteiger partial charge < -0.3 is 54.0 Å². The lowest BCUT2D eigenvalue weighted by Gasteiger charge is -2.05. The Hall–Kier alpha value is -7.31. The predicted octanol–water partition coefficient (Wildman–Crippen LogP) is 10.6. The molecule has 87 heavy (non-hydrogen) atoms. The van der Waals surface area contributed by atoms with Crippen LogP contribution in [0.1, 0.15) is 38.2 Å². The number of aliphatic hydroxyl groups is 5. The summed E-state index contributed by atoms with van der Waals surface area (Å²) >= 11 is 29.3. The zero-order valence-corrected chi connectivity index (χ0v) is 51.6. The SMILES string of the molecule is COc1ccc(C2=CC(CO)OC2=O)cc1Br.O=C(Cl)c1ccccc1.O=C1OC(CO)C=C1c1ccc(Cl)c(Cl)c1.O=C1OC(CO)C=C1c1cccc(Br)c1.O=C1OC(CO)C=C1c1cccc(Cl)c1.O=C1OC(CO)C=C1c1cccc(F)c1. The molecule has 0 spiro atoms. The Morgan fingerprint density at radius 2 is 0.839 bits per heavy atom. The minimum Gasteiger partial charge on any atom is -0.496 e. The van der Waals surface area contributed by atoms with E-state index in [-0.39, 0.29) is 39.0 Å². The molecular weight excluding hydrogens is 1350 g/mol. The van der Waals surface area contributed by atoms with Gasteiger partial charge in [0.1, 0.15) is 42.1 Å². The van der Waals surface area contributed by atoms with E-state index >= 15 is 0 Å². The van der Waals surface area contributed by atoms with Gasteiger partial charge in [0.15, 0.2) is 0 Å². The van der Waals surface area contributed by atoms with Crippen LogP contribution in [0.15, 0.2) is 179 Å². The lowest BCUT2D eigenvalue weighted by Crippen LogP contribution is -2.11. The van der Waals surface area contributed by atoms with Gasteiger partial charge in [0.2, 0.25) is 0 Å². The molecule has 24 heteroatoms. The molecule has 0 aliphatic carbocycles. The van der Waals surface area contributed by atoms with Crippen molar-refractivity contribution in [1.29, 1.82) is 0 Å².